The monoisotopic (exact) mass is 402 g/mol. The van der Waals surface area contributed by atoms with Crippen molar-refractivity contribution < 1.29 is 19.1 Å². The molecule has 0 saturated carbocycles. The van der Waals surface area contributed by atoms with Crippen molar-refractivity contribution in [1.82, 2.24) is 5.32 Å². The van der Waals surface area contributed by atoms with Crippen LogP contribution in [0, 0.1) is 19.8 Å². The number of anilines is 1. The number of amides is 2. The fraction of sp³-hybridized carbons (Fsp3) is 0.381. The number of aryl methyl sites for hydroxylation is 2. The Morgan fingerprint density at radius 2 is 1.64 bits per heavy atom. The van der Waals surface area contributed by atoms with E-state index in [9.17, 15) is 14.4 Å². The summed E-state index contributed by atoms with van der Waals surface area (Å²) in [5, 5.41) is 7.30. The molecule has 1 heterocycles. The minimum atomic E-state index is -0.994. The molecule has 6 nitrogen and oxygen atoms in total. The molecular formula is C21H26N2O4S. The van der Waals surface area contributed by atoms with Crippen LogP contribution in [0.5, 0.6) is 0 Å². The second-order valence-electron chi connectivity index (χ2n) is 7.01. The van der Waals surface area contributed by atoms with Crippen molar-refractivity contribution in [1.29, 1.82) is 0 Å². The minimum Gasteiger partial charge on any atom is -0.451 e. The topological polar surface area (TPSA) is 84.5 Å². The Balaban J connectivity index is 2.01. The van der Waals surface area contributed by atoms with Gasteiger partial charge in [0.05, 0.1) is 4.88 Å². The maximum absolute atomic E-state index is 12.6. The van der Waals surface area contributed by atoms with Crippen LogP contribution in [0.2, 0.25) is 0 Å². The zero-order valence-electron chi connectivity index (χ0n) is 16.7. The second-order valence-corrected chi connectivity index (χ2v) is 7.96. The summed E-state index contributed by atoms with van der Waals surface area (Å²) >= 11 is 1.29. The van der Waals surface area contributed by atoms with E-state index in [1.807, 2.05) is 45.9 Å². The van der Waals surface area contributed by atoms with Gasteiger partial charge in [0.2, 0.25) is 0 Å². The van der Waals surface area contributed by atoms with Crippen molar-refractivity contribution in [3.63, 3.8) is 0 Å². The Hall–Kier alpha value is -2.67. The van der Waals surface area contributed by atoms with Crippen LogP contribution in [0.15, 0.2) is 35.7 Å². The molecule has 28 heavy (non-hydrogen) atoms. The van der Waals surface area contributed by atoms with E-state index in [4.69, 9.17) is 4.74 Å². The van der Waals surface area contributed by atoms with Crippen LogP contribution in [-0.2, 0) is 14.3 Å². The summed E-state index contributed by atoms with van der Waals surface area (Å²) in [6.07, 6.45) is -0.994. The highest BCUT2D eigenvalue weighted by molar-refractivity contribution is 7.12. The SMILES string of the molecule is Cc1cccc(C)c1NC(=O)[C@H](C)OC(=O)[C@H](NC(=O)c1cccs1)C(C)C. The summed E-state index contributed by atoms with van der Waals surface area (Å²) in [5.74, 6) is -1.58. The highest BCUT2D eigenvalue weighted by Crippen LogP contribution is 2.20. The number of carbonyl (C=O) groups is 3. The first kappa shape index (κ1) is 21.6. The van der Waals surface area contributed by atoms with E-state index in [-0.39, 0.29) is 11.8 Å². The van der Waals surface area contributed by atoms with Gasteiger partial charge in [-0.25, -0.2) is 4.79 Å². The summed E-state index contributed by atoms with van der Waals surface area (Å²) in [6, 6.07) is 8.31. The van der Waals surface area contributed by atoms with Gasteiger partial charge in [0.1, 0.15) is 6.04 Å². The van der Waals surface area contributed by atoms with Crippen molar-refractivity contribution in [3.05, 3.63) is 51.7 Å². The lowest BCUT2D eigenvalue weighted by Crippen LogP contribution is -2.47. The zero-order chi connectivity index (χ0) is 20.8. The average molecular weight is 403 g/mol. The van der Waals surface area contributed by atoms with Crippen molar-refractivity contribution >= 4 is 34.8 Å². The summed E-state index contributed by atoms with van der Waals surface area (Å²) < 4.78 is 5.34. The van der Waals surface area contributed by atoms with Gasteiger partial charge in [0.15, 0.2) is 6.10 Å². The van der Waals surface area contributed by atoms with E-state index in [0.29, 0.717) is 10.6 Å². The van der Waals surface area contributed by atoms with Crippen molar-refractivity contribution in [2.24, 2.45) is 5.92 Å². The third-order valence-corrected chi connectivity index (χ3v) is 5.21. The van der Waals surface area contributed by atoms with Crippen molar-refractivity contribution in [2.45, 2.75) is 46.8 Å². The van der Waals surface area contributed by atoms with E-state index >= 15 is 0 Å². The molecule has 0 radical (unpaired) electrons. The fourth-order valence-corrected chi connectivity index (χ4v) is 3.28. The Labute approximate surface area is 169 Å². The first-order chi connectivity index (χ1) is 13.2. The average Bonchev–Trinajstić information content (AvgIpc) is 3.16. The van der Waals surface area contributed by atoms with Crippen LogP contribution >= 0.6 is 11.3 Å². The van der Waals surface area contributed by atoms with Gasteiger partial charge in [-0.1, -0.05) is 38.1 Å². The van der Waals surface area contributed by atoms with Crippen LogP contribution < -0.4 is 10.6 Å². The molecule has 0 unspecified atom stereocenters. The van der Waals surface area contributed by atoms with E-state index in [1.54, 1.807) is 17.5 Å². The number of ether oxygens (including phenoxy) is 1. The maximum Gasteiger partial charge on any atom is 0.329 e. The predicted octanol–water partition coefficient (Wildman–Crippen LogP) is 3.69. The molecule has 2 aromatic rings. The number of thiophene rings is 1. The van der Waals surface area contributed by atoms with Crippen LogP contribution in [0.25, 0.3) is 0 Å². The lowest BCUT2D eigenvalue weighted by atomic mass is 10.0. The van der Waals surface area contributed by atoms with Gasteiger partial charge in [0.25, 0.3) is 11.8 Å². The quantitative estimate of drug-likeness (QED) is 0.692. The van der Waals surface area contributed by atoms with Gasteiger partial charge in [-0.3, -0.25) is 9.59 Å². The third kappa shape index (κ3) is 5.42. The molecule has 0 aliphatic heterocycles. The zero-order valence-corrected chi connectivity index (χ0v) is 17.6. The molecule has 1 aromatic heterocycles. The highest BCUT2D eigenvalue weighted by atomic mass is 32.1. The first-order valence-corrected chi connectivity index (χ1v) is 10.0. The first-order valence-electron chi connectivity index (χ1n) is 9.12. The van der Waals surface area contributed by atoms with Gasteiger partial charge in [-0.15, -0.1) is 11.3 Å². The molecule has 2 rings (SSSR count). The molecule has 1 aromatic carbocycles. The number of para-hydroxylation sites is 1. The maximum atomic E-state index is 12.6. The van der Waals surface area contributed by atoms with Crippen LogP contribution in [0.3, 0.4) is 0 Å². The van der Waals surface area contributed by atoms with Gasteiger partial charge >= 0.3 is 5.97 Å². The van der Waals surface area contributed by atoms with Gasteiger partial charge < -0.3 is 15.4 Å². The standard InChI is InChI=1S/C21H26N2O4S/c1-12(2)17(22-20(25)16-10-7-11-28-16)21(26)27-15(5)19(24)23-18-13(3)8-6-9-14(18)4/h6-12,15,17H,1-5H3,(H,22,25)(H,23,24)/t15-,17+/m0/s1. The van der Waals surface area contributed by atoms with E-state index < -0.39 is 24.0 Å². The summed E-state index contributed by atoms with van der Waals surface area (Å²) in [6.45, 7) is 8.92. The van der Waals surface area contributed by atoms with Crippen LogP contribution in [0.1, 0.15) is 41.6 Å². The third-order valence-electron chi connectivity index (χ3n) is 4.34. The number of benzene rings is 1. The number of hydrogen-bond donors (Lipinski definition) is 2. The van der Waals surface area contributed by atoms with Gasteiger partial charge in [-0.05, 0) is 49.3 Å². The summed E-state index contributed by atoms with van der Waals surface area (Å²) in [5.41, 5.74) is 2.56. The molecule has 0 bridgehead atoms. The second kappa shape index (κ2) is 9.50. The van der Waals surface area contributed by atoms with Crippen molar-refractivity contribution in [2.75, 3.05) is 5.32 Å². The number of hydrogen-bond acceptors (Lipinski definition) is 5. The lowest BCUT2D eigenvalue weighted by Gasteiger charge is -2.23. The van der Waals surface area contributed by atoms with Gasteiger partial charge in [-0.2, -0.15) is 0 Å². The number of carbonyl (C=O) groups excluding carboxylic acids is 3. The molecule has 0 aliphatic carbocycles. The Morgan fingerprint density at radius 1 is 1.00 bits per heavy atom. The Kier molecular flexibility index (Phi) is 7.34. The molecule has 150 valence electrons. The van der Waals surface area contributed by atoms with E-state index in [0.717, 1.165) is 11.1 Å². The fourth-order valence-electron chi connectivity index (χ4n) is 2.66. The number of nitrogens with one attached hydrogen (secondary N) is 2. The largest absolute Gasteiger partial charge is 0.451 e. The molecule has 2 amide bonds. The van der Waals surface area contributed by atoms with Crippen molar-refractivity contribution in [3.8, 4) is 0 Å². The number of rotatable bonds is 7. The van der Waals surface area contributed by atoms with E-state index in [2.05, 4.69) is 10.6 Å². The number of esters is 1. The smallest absolute Gasteiger partial charge is 0.329 e. The molecule has 0 fully saturated rings. The minimum absolute atomic E-state index is 0.190. The summed E-state index contributed by atoms with van der Waals surface area (Å²) in [4.78, 5) is 37.8. The van der Waals surface area contributed by atoms with Gasteiger partial charge in [0, 0.05) is 5.69 Å². The summed E-state index contributed by atoms with van der Waals surface area (Å²) in [7, 11) is 0. The van der Waals surface area contributed by atoms with E-state index in [1.165, 1.54) is 18.3 Å². The Morgan fingerprint density at radius 3 is 2.18 bits per heavy atom. The van der Waals surface area contributed by atoms with Crippen LogP contribution in [0.4, 0.5) is 5.69 Å². The molecular weight excluding hydrogens is 376 g/mol. The molecule has 7 heteroatoms. The highest BCUT2D eigenvalue weighted by Gasteiger charge is 2.29. The lowest BCUT2D eigenvalue weighted by molar-refractivity contribution is -0.156. The normalized spacial score (nSPS) is 12.9. The molecule has 0 saturated heterocycles. The molecule has 0 aliphatic rings. The Bertz CT molecular complexity index is 826. The molecule has 2 atom stereocenters. The van der Waals surface area contributed by atoms with Crippen LogP contribution in [-0.4, -0.2) is 29.9 Å². The molecule has 0 spiro atoms. The molecule has 2 N–H and O–H groups in total. The predicted molar refractivity (Wildman–Crippen MR) is 111 cm³/mol.